The molecule has 0 bridgehead atoms. The van der Waals surface area contributed by atoms with Gasteiger partial charge in [0.25, 0.3) is 0 Å². The Morgan fingerprint density at radius 1 is 0.455 bits per heavy atom. The molecule has 7 aromatic carbocycles. The maximum atomic E-state index is 9.47. The largest absolute Gasteiger partial charge is 0.489 e. The SMILES string of the molecule is [2H]c1c([2H])c([2H])c2c(c1[2H])OC1C(c3cc(-c4ccccc4)cc(-c4nc(-c5ccc(-c6ccccc6)cc5)nc(-c5cccc(-c6ccccc6)c5)n4)c3)C([2H])C([2H])C([2H])C21. The second-order valence-corrected chi connectivity index (χ2v) is 13.9. The van der Waals surface area contributed by atoms with E-state index in [1.165, 1.54) is 0 Å². The lowest BCUT2D eigenvalue weighted by molar-refractivity contribution is 0.138. The smallest absolute Gasteiger partial charge is 0.164 e. The average Bonchev–Trinajstić information content (AvgIpc) is 3.73. The summed E-state index contributed by atoms with van der Waals surface area (Å²) in [6.07, 6.45) is -4.35. The summed E-state index contributed by atoms with van der Waals surface area (Å²) in [6, 6.07) is 50.9. The van der Waals surface area contributed by atoms with E-state index in [1.807, 2.05) is 109 Å². The van der Waals surface area contributed by atoms with Gasteiger partial charge < -0.3 is 4.74 Å². The molecule has 0 radical (unpaired) electrons. The Morgan fingerprint density at radius 2 is 0.945 bits per heavy atom. The van der Waals surface area contributed by atoms with E-state index in [9.17, 15) is 1.37 Å². The quantitative estimate of drug-likeness (QED) is 0.165. The van der Waals surface area contributed by atoms with Crippen LogP contribution in [0.4, 0.5) is 0 Å². The molecule has 1 aliphatic carbocycles. The molecule has 1 saturated carbocycles. The monoisotopic (exact) mass is 716 g/mol. The number of rotatable bonds is 7. The molecular formula is C51H39N3O. The van der Waals surface area contributed by atoms with E-state index in [0.29, 0.717) is 28.6 Å². The molecular weight excluding hydrogens is 671 g/mol. The number of para-hydroxylation sites is 1. The van der Waals surface area contributed by atoms with Crippen LogP contribution in [-0.2, 0) is 0 Å². The fraction of sp³-hybridized carbons (Fsp3) is 0.118. The summed E-state index contributed by atoms with van der Waals surface area (Å²) in [5, 5.41) is 0. The number of ether oxygens (including phenoxy) is 1. The molecule has 0 spiro atoms. The van der Waals surface area contributed by atoms with Crippen LogP contribution in [0.15, 0.2) is 182 Å². The number of benzene rings is 7. The summed E-state index contributed by atoms with van der Waals surface area (Å²) in [7, 11) is 0. The van der Waals surface area contributed by atoms with Crippen LogP contribution in [-0.4, -0.2) is 21.1 Å². The molecule has 55 heavy (non-hydrogen) atoms. The first-order valence-electron chi connectivity index (χ1n) is 22.2. The van der Waals surface area contributed by atoms with Crippen molar-refractivity contribution in [2.45, 2.75) is 37.1 Å². The number of fused-ring (bicyclic) bond motifs is 3. The summed E-state index contributed by atoms with van der Waals surface area (Å²) in [4.78, 5) is 15.4. The van der Waals surface area contributed by atoms with Crippen molar-refractivity contribution in [1.82, 2.24) is 15.0 Å². The first-order valence-corrected chi connectivity index (χ1v) is 18.5. The van der Waals surface area contributed by atoms with Crippen LogP contribution in [0.2, 0.25) is 0 Å². The van der Waals surface area contributed by atoms with Crippen molar-refractivity contribution in [2.24, 2.45) is 0 Å². The van der Waals surface area contributed by atoms with Gasteiger partial charge in [0.2, 0.25) is 0 Å². The molecule has 0 N–H and O–H groups in total. The first-order chi connectivity index (χ1) is 30.1. The molecule has 0 amide bonds. The highest BCUT2D eigenvalue weighted by Gasteiger charge is 2.42. The van der Waals surface area contributed by atoms with Crippen LogP contribution in [0.3, 0.4) is 0 Å². The third kappa shape index (κ3) is 6.51. The van der Waals surface area contributed by atoms with Gasteiger partial charge in [-0.05, 0) is 76.0 Å². The molecule has 1 aliphatic heterocycles. The normalized spacial score (nSPS) is 23.0. The fourth-order valence-electron chi connectivity index (χ4n) is 7.67. The molecule has 4 nitrogen and oxygen atoms in total. The van der Waals surface area contributed by atoms with E-state index in [1.54, 1.807) is 0 Å². The van der Waals surface area contributed by atoms with Crippen LogP contribution >= 0.6 is 0 Å². The van der Waals surface area contributed by atoms with Crippen molar-refractivity contribution in [2.75, 3.05) is 0 Å². The molecule has 8 aromatic rings. The number of aromatic nitrogens is 3. The Bertz CT molecular complexity index is 2960. The minimum atomic E-state index is -1.19. The van der Waals surface area contributed by atoms with Gasteiger partial charge in [-0.15, -0.1) is 0 Å². The third-order valence-electron chi connectivity index (χ3n) is 10.4. The zero-order chi connectivity index (χ0) is 42.6. The van der Waals surface area contributed by atoms with Gasteiger partial charge in [0.05, 0.1) is 5.48 Å². The van der Waals surface area contributed by atoms with Crippen LogP contribution in [0.25, 0.3) is 67.5 Å². The highest BCUT2D eigenvalue weighted by atomic mass is 16.5. The van der Waals surface area contributed by atoms with E-state index in [4.69, 9.17) is 27.9 Å². The number of hydrogen-bond acceptors (Lipinski definition) is 4. The summed E-state index contributed by atoms with van der Waals surface area (Å²) >= 11 is 0. The summed E-state index contributed by atoms with van der Waals surface area (Å²) < 4.78 is 68.5. The van der Waals surface area contributed by atoms with Crippen LogP contribution in [0.1, 0.15) is 51.7 Å². The number of nitrogens with zero attached hydrogens (tertiary/aromatic N) is 3. The first kappa shape index (κ1) is 26.2. The lowest BCUT2D eigenvalue weighted by atomic mass is 9.73. The topological polar surface area (TPSA) is 47.9 Å². The molecule has 10 rings (SSSR count). The van der Waals surface area contributed by atoms with Gasteiger partial charge >= 0.3 is 0 Å². The second-order valence-electron chi connectivity index (χ2n) is 13.9. The van der Waals surface area contributed by atoms with Crippen molar-refractivity contribution in [3.05, 3.63) is 193 Å². The summed E-state index contributed by atoms with van der Waals surface area (Å²) in [5.41, 5.74) is 9.05. The maximum absolute atomic E-state index is 9.47. The predicted octanol–water partition coefficient (Wildman–Crippen LogP) is 12.7. The van der Waals surface area contributed by atoms with Gasteiger partial charge in [0.15, 0.2) is 17.5 Å². The van der Waals surface area contributed by atoms with Gasteiger partial charge in [0.1, 0.15) is 11.9 Å². The molecule has 2 aliphatic rings. The molecule has 4 heteroatoms. The Balaban J connectivity index is 1.15. The minimum absolute atomic E-state index is 0.00301. The van der Waals surface area contributed by atoms with Crippen molar-refractivity contribution in [3.63, 3.8) is 0 Å². The van der Waals surface area contributed by atoms with E-state index in [-0.39, 0.29) is 23.4 Å². The molecule has 6 atom stereocenters. The zero-order valence-corrected chi connectivity index (χ0v) is 29.7. The van der Waals surface area contributed by atoms with Gasteiger partial charge in [-0.3, -0.25) is 0 Å². The summed E-state index contributed by atoms with van der Waals surface area (Å²) in [5.74, 6) is -0.300. The van der Waals surface area contributed by atoms with Crippen molar-refractivity contribution < 1.29 is 14.3 Å². The van der Waals surface area contributed by atoms with Crippen LogP contribution in [0.5, 0.6) is 5.75 Å². The molecule has 2 heterocycles. The Labute approximate surface area is 332 Å². The summed E-state index contributed by atoms with van der Waals surface area (Å²) in [6.45, 7) is 0. The molecule has 1 aromatic heterocycles. The van der Waals surface area contributed by atoms with Gasteiger partial charge in [-0.1, -0.05) is 164 Å². The second kappa shape index (κ2) is 14.3. The fourth-order valence-corrected chi connectivity index (χ4v) is 7.67. The Morgan fingerprint density at radius 3 is 1.65 bits per heavy atom. The standard InChI is InChI=1S/C51H39N3O/c1-4-14-34(15-5-1)37-26-28-38(29-27-37)49-52-50(40-21-12-20-39(30-40)35-16-6-2-7-17-35)54-51(53-49)43-32-41(36-18-8-3-9-19-36)31-42(33-43)44-23-13-24-46-45-22-10-11-25-47(45)55-48(44)46/h1-12,14-22,25-33,44,46,48H,13,23-24H2/i10D,11D,13D,22D,23D,24D,25D. The van der Waals surface area contributed by atoms with Crippen LogP contribution in [0, 0.1) is 0 Å². The molecule has 0 saturated heterocycles. The minimum Gasteiger partial charge on any atom is -0.489 e. The van der Waals surface area contributed by atoms with E-state index in [0.717, 1.165) is 44.5 Å². The van der Waals surface area contributed by atoms with E-state index < -0.39 is 49.2 Å². The van der Waals surface area contributed by atoms with Crippen molar-refractivity contribution >= 4 is 0 Å². The Hall–Kier alpha value is -6.65. The molecule has 1 fully saturated rings. The number of hydrogen-bond donors (Lipinski definition) is 0. The van der Waals surface area contributed by atoms with E-state index >= 15 is 0 Å². The lowest BCUT2D eigenvalue weighted by Crippen LogP contribution is -2.31. The van der Waals surface area contributed by atoms with Crippen molar-refractivity contribution in [3.8, 4) is 73.3 Å². The maximum Gasteiger partial charge on any atom is 0.164 e. The van der Waals surface area contributed by atoms with Gasteiger partial charge in [-0.25, -0.2) is 15.0 Å². The van der Waals surface area contributed by atoms with Crippen LogP contribution < -0.4 is 4.74 Å². The Kier molecular flexibility index (Phi) is 6.80. The average molecular weight is 717 g/mol. The molecule has 264 valence electrons. The van der Waals surface area contributed by atoms with Gasteiger partial charge in [0, 0.05) is 38.2 Å². The van der Waals surface area contributed by atoms with Gasteiger partial charge in [-0.2, -0.15) is 0 Å². The van der Waals surface area contributed by atoms with Crippen molar-refractivity contribution in [1.29, 1.82) is 0 Å². The highest BCUT2D eigenvalue weighted by molar-refractivity contribution is 5.76. The van der Waals surface area contributed by atoms with E-state index in [2.05, 4.69) is 48.5 Å². The molecule has 6 unspecified atom stereocenters. The highest BCUT2D eigenvalue weighted by Crippen LogP contribution is 2.51. The lowest BCUT2D eigenvalue weighted by Gasteiger charge is -2.33. The third-order valence-corrected chi connectivity index (χ3v) is 10.4. The zero-order valence-electron chi connectivity index (χ0n) is 36.7. The predicted molar refractivity (Wildman–Crippen MR) is 223 cm³/mol.